The van der Waals surface area contributed by atoms with Crippen molar-refractivity contribution in [2.75, 3.05) is 13.1 Å². The van der Waals surface area contributed by atoms with Crippen molar-refractivity contribution in [1.29, 1.82) is 0 Å². The second-order valence-corrected chi connectivity index (χ2v) is 6.45. The van der Waals surface area contributed by atoms with Crippen LogP contribution in [0.3, 0.4) is 0 Å². The van der Waals surface area contributed by atoms with E-state index >= 15 is 0 Å². The Balaban J connectivity index is 1.65. The number of nitrogens with one attached hydrogen (secondary N) is 2. The second kappa shape index (κ2) is 4.48. The summed E-state index contributed by atoms with van der Waals surface area (Å²) in [5.41, 5.74) is -0.0923. The van der Waals surface area contributed by atoms with E-state index in [9.17, 15) is 4.79 Å². The SMILES string of the molecule is CC(C)(C)OC(=O)NCCC12CC(CCN1)C2. The van der Waals surface area contributed by atoms with Crippen molar-refractivity contribution in [3.63, 3.8) is 0 Å². The summed E-state index contributed by atoms with van der Waals surface area (Å²) in [6.07, 6.45) is 4.59. The van der Waals surface area contributed by atoms with Crippen LogP contribution in [0.2, 0.25) is 0 Å². The zero-order valence-electron chi connectivity index (χ0n) is 11.1. The van der Waals surface area contributed by atoms with Crippen LogP contribution < -0.4 is 10.6 Å². The lowest BCUT2D eigenvalue weighted by Gasteiger charge is -2.53. The van der Waals surface area contributed by atoms with E-state index in [1.165, 1.54) is 19.3 Å². The number of carbonyl (C=O) groups is 1. The number of ether oxygens (including phenoxy) is 1. The van der Waals surface area contributed by atoms with E-state index < -0.39 is 5.60 Å². The predicted octanol–water partition coefficient (Wildman–Crippen LogP) is 2.04. The average Bonchev–Trinajstić information content (AvgIpc) is 2.14. The number of alkyl carbamates (subject to hydrolysis) is 1. The molecule has 0 radical (unpaired) electrons. The van der Waals surface area contributed by atoms with Crippen molar-refractivity contribution in [3.05, 3.63) is 0 Å². The average molecular weight is 240 g/mol. The van der Waals surface area contributed by atoms with Gasteiger partial charge in [-0.15, -0.1) is 0 Å². The van der Waals surface area contributed by atoms with Crippen molar-refractivity contribution in [3.8, 4) is 0 Å². The van der Waals surface area contributed by atoms with Crippen LogP contribution in [0, 0.1) is 5.92 Å². The Labute approximate surface area is 103 Å². The summed E-state index contributed by atoms with van der Waals surface area (Å²) in [6.45, 7) is 7.48. The highest BCUT2D eigenvalue weighted by molar-refractivity contribution is 5.67. The molecule has 2 heterocycles. The third-order valence-electron chi connectivity index (χ3n) is 3.68. The van der Waals surface area contributed by atoms with Gasteiger partial charge in [-0.2, -0.15) is 0 Å². The van der Waals surface area contributed by atoms with Crippen LogP contribution in [-0.2, 0) is 4.74 Å². The molecule has 17 heavy (non-hydrogen) atoms. The Hall–Kier alpha value is -0.770. The molecule has 4 nitrogen and oxygen atoms in total. The highest BCUT2D eigenvalue weighted by Crippen LogP contribution is 2.44. The molecular formula is C13H24N2O2. The van der Waals surface area contributed by atoms with Gasteiger partial charge in [0.2, 0.25) is 0 Å². The molecule has 2 saturated heterocycles. The summed E-state index contributed by atoms with van der Waals surface area (Å²) >= 11 is 0. The molecule has 0 aromatic heterocycles. The molecule has 4 heteroatoms. The molecule has 0 atom stereocenters. The molecule has 3 fully saturated rings. The largest absolute Gasteiger partial charge is 0.444 e. The van der Waals surface area contributed by atoms with Gasteiger partial charge in [-0.05, 0) is 58.9 Å². The van der Waals surface area contributed by atoms with Gasteiger partial charge in [-0.3, -0.25) is 0 Å². The van der Waals surface area contributed by atoms with E-state index in [4.69, 9.17) is 4.74 Å². The Bertz CT molecular complexity index is 285. The van der Waals surface area contributed by atoms with Gasteiger partial charge in [0.15, 0.2) is 0 Å². The van der Waals surface area contributed by atoms with Crippen LogP contribution in [0.25, 0.3) is 0 Å². The van der Waals surface area contributed by atoms with E-state index in [1.54, 1.807) is 0 Å². The summed E-state index contributed by atoms with van der Waals surface area (Å²) in [5, 5.41) is 6.43. The number of carbonyl (C=O) groups excluding carboxylic acids is 1. The lowest BCUT2D eigenvalue weighted by molar-refractivity contribution is 0.0383. The highest BCUT2D eigenvalue weighted by atomic mass is 16.6. The lowest BCUT2D eigenvalue weighted by atomic mass is 9.62. The fourth-order valence-electron chi connectivity index (χ4n) is 2.95. The summed E-state index contributed by atoms with van der Waals surface area (Å²) in [6, 6.07) is 0. The van der Waals surface area contributed by atoms with E-state index in [1.807, 2.05) is 20.8 Å². The van der Waals surface area contributed by atoms with Crippen LogP contribution in [0.15, 0.2) is 0 Å². The first-order valence-corrected chi connectivity index (χ1v) is 6.60. The number of piperidine rings is 2. The van der Waals surface area contributed by atoms with Crippen molar-refractivity contribution < 1.29 is 9.53 Å². The van der Waals surface area contributed by atoms with Crippen LogP contribution in [0.1, 0.15) is 46.5 Å². The van der Waals surface area contributed by atoms with E-state index in [0.29, 0.717) is 12.1 Å². The second-order valence-electron chi connectivity index (χ2n) is 6.45. The Morgan fingerprint density at radius 3 is 2.71 bits per heavy atom. The fourth-order valence-corrected chi connectivity index (χ4v) is 2.95. The van der Waals surface area contributed by atoms with Crippen molar-refractivity contribution >= 4 is 6.09 Å². The van der Waals surface area contributed by atoms with E-state index in [-0.39, 0.29) is 6.09 Å². The standard InChI is InChI=1S/C13H24N2O2/c1-12(2,3)17-11(16)14-7-5-13-8-10(9-13)4-6-15-13/h10,15H,4-9H2,1-3H3,(H,14,16). The van der Waals surface area contributed by atoms with Crippen molar-refractivity contribution in [2.45, 2.75) is 57.6 Å². The van der Waals surface area contributed by atoms with E-state index in [2.05, 4.69) is 10.6 Å². The smallest absolute Gasteiger partial charge is 0.407 e. The topological polar surface area (TPSA) is 50.4 Å². The third-order valence-corrected chi connectivity index (χ3v) is 3.68. The molecule has 3 aliphatic rings. The van der Waals surface area contributed by atoms with E-state index in [0.717, 1.165) is 18.9 Å². The molecule has 2 bridgehead atoms. The first kappa shape index (κ1) is 12.7. The fraction of sp³-hybridized carbons (Fsp3) is 0.923. The minimum Gasteiger partial charge on any atom is -0.444 e. The molecule has 0 unspecified atom stereocenters. The molecule has 2 aliphatic heterocycles. The minimum atomic E-state index is -0.410. The molecule has 0 aromatic carbocycles. The van der Waals surface area contributed by atoms with Gasteiger partial charge in [-0.1, -0.05) is 0 Å². The highest BCUT2D eigenvalue weighted by Gasteiger charge is 2.46. The quantitative estimate of drug-likeness (QED) is 0.793. The van der Waals surface area contributed by atoms with Gasteiger partial charge in [0, 0.05) is 12.1 Å². The van der Waals surface area contributed by atoms with Crippen LogP contribution >= 0.6 is 0 Å². The number of hydrogen-bond donors (Lipinski definition) is 2. The number of fused-ring (bicyclic) bond motifs is 2. The lowest BCUT2D eigenvalue weighted by Crippen LogP contribution is -2.61. The van der Waals surface area contributed by atoms with Crippen LogP contribution in [-0.4, -0.2) is 30.3 Å². The van der Waals surface area contributed by atoms with Crippen LogP contribution in [0.4, 0.5) is 4.79 Å². The van der Waals surface area contributed by atoms with Gasteiger partial charge in [0.1, 0.15) is 5.60 Å². The van der Waals surface area contributed by atoms with Crippen molar-refractivity contribution in [1.82, 2.24) is 10.6 Å². The molecule has 0 aromatic rings. The Morgan fingerprint density at radius 1 is 1.47 bits per heavy atom. The molecular weight excluding hydrogens is 216 g/mol. The summed E-state index contributed by atoms with van der Waals surface area (Å²) < 4.78 is 5.20. The van der Waals surface area contributed by atoms with Crippen LogP contribution in [0.5, 0.6) is 0 Å². The Morgan fingerprint density at radius 2 is 2.18 bits per heavy atom. The normalized spacial score (nSPS) is 31.6. The number of hydrogen-bond acceptors (Lipinski definition) is 3. The molecule has 1 saturated carbocycles. The van der Waals surface area contributed by atoms with Gasteiger partial charge in [0.25, 0.3) is 0 Å². The third kappa shape index (κ3) is 3.35. The van der Waals surface area contributed by atoms with Gasteiger partial charge in [-0.25, -0.2) is 4.79 Å². The number of amides is 1. The van der Waals surface area contributed by atoms with Gasteiger partial charge < -0.3 is 15.4 Å². The summed E-state index contributed by atoms with van der Waals surface area (Å²) in [4.78, 5) is 11.5. The Kier molecular flexibility index (Phi) is 3.34. The maximum atomic E-state index is 11.5. The summed E-state index contributed by atoms with van der Waals surface area (Å²) in [5.74, 6) is 0.928. The summed E-state index contributed by atoms with van der Waals surface area (Å²) in [7, 11) is 0. The first-order chi connectivity index (χ1) is 7.89. The van der Waals surface area contributed by atoms with Gasteiger partial charge >= 0.3 is 6.09 Å². The van der Waals surface area contributed by atoms with Crippen molar-refractivity contribution in [2.24, 2.45) is 5.92 Å². The monoisotopic (exact) mass is 240 g/mol. The molecule has 2 N–H and O–H groups in total. The minimum absolute atomic E-state index is 0.305. The zero-order chi connectivity index (χ0) is 12.5. The first-order valence-electron chi connectivity index (χ1n) is 6.60. The molecule has 1 aliphatic carbocycles. The molecule has 1 amide bonds. The van der Waals surface area contributed by atoms with Gasteiger partial charge in [0.05, 0.1) is 0 Å². The molecule has 3 rings (SSSR count). The molecule has 98 valence electrons. The maximum Gasteiger partial charge on any atom is 0.407 e. The maximum absolute atomic E-state index is 11.5. The molecule has 0 spiro atoms. The predicted molar refractivity (Wildman–Crippen MR) is 66.9 cm³/mol. The number of rotatable bonds is 3. The zero-order valence-corrected chi connectivity index (χ0v) is 11.1.